The zero-order chi connectivity index (χ0) is 39.9. The van der Waals surface area contributed by atoms with Crippen molar-refractivity contribution in [3.8, 4) is 0 Å². The van der Waals surface area contributed by atoms with Crippen LogP contribution in [0, 0.1) is 40.9 Å². The fourth-order valence-corrected chi connectivity index (χ4v) is 7.25. The summed E-state index contributed by atoms with van der Waals surface area (Å²) < 4.78 is 170. The van der Waals surface area contributed by atoms with Crippen LogP contribution in [-0.4, -0.2) is 68.0 Å². The van der Waals surface area contributed by atoms with Gasteiger partial charge < -0.3 is 20.4 Å². The fraction of sp³-hybridized carbons (Fsp3) is 1.00. The van der Waals surface area contributed by atoms with E-state index in [1.54, 1.807) is 0 Å². The molecule has 2 aliphatic carbocycles. The number of alkyl halides is 12. The first kappa shape index (κ1) is 43.4. The van der Waals surface area contributed by atoms with E-state index in [2.05, 4.69) is 20.5 Å². The first-order chi connectivity index (χ1) is 22.9. The molecule has 8 unspecified atom stereocenters. The van der Waals surface area contributed by atoms with Crippen LogP contribution >= 0.6 is 0 Å². The Morgan fingerprint density at radius 1 is 0.392 bits per heavy atom. The van der Waals surface area contributed by atoms with Crippen LogP contribution in [0.5, 0.6) is 0 Å². The lowest BCUT2D eigenvalue weighted by molar-refractivity contribution is -0.309. The second kappa shape index (κ2) is 14.0. The molecule has 2 saturated carbocycles. The summed E-state index contributed by atoms with van der Waals surface area (Å²) in [5.74, 6) is -14.2. The van der Waals surface area contributed by atoms with Crippen molar-refractivity contribution in [3.63, 3.8) is 0 Å². The maximum Gasteiger partial charge on any atom is 0.423 e. The van der Waals surface area contributed by atoms with Crippen LogP contribution in [0.25, 0.3) is 41.8 Å². The van der Waals surface area contributed by atoms with E-state index in [-0.39, 0.29) is 0 Å². The Labute approximate surface area is 276 Å². The van der Waals surface area contributed by atoms with Crippen molar-refractivity contribution in [1.29, 1.82) is 0 Å². The van der Waals surface area contributed by atoms with Crippen molar-refractivity contribution < 1.29 is 73.1 Å². The number of halogens is 12. The van der Waals surface area contributed by atoms with Crippen molar-refractivity contribution in [2.45, 2.75) is 100.0 Å². The summed E-state index contributed by atoms with van der Waals surface area (Å²) >= 11 is 0. The topological polar surface area (TPSA) is 276 Å². The molecule has 0 aromatic heterocycles. The zero-order valence-electron chi connectivity index (χ0n) is 25.9. The van der Waals surface area contributed by atoms with Crippen LogP contribution in [0.4, 0.5) is 52.7 Å². The third kappa shape index (κ3) is 7.72. The summed E-state index contributed by atoms with van der Waals surface area (Å²) in [4.78, 5) is 7.58. The van der Waals surface area contributed by atoms with E-state index in [4.69, 9.17) is 22.1 Å². The van der Waals surface area contributed by atoms with Gasteiger partial charge in [0.2, 0.25) is 22.9 Å². The number of rotatable bonds is 10. The molecule has 2 fully saturated rings. The Bertz CT molecular complexity index is 1290. The Hall–Kier alpha value is -3.76. The van der Waals surface area contributed by atoms with Gasteiger partial charge in [0.05, 0.1) is 0 Å². The third-order valence-electron chi connectivity index (χ3n) is 10.3. The van der Waals surface area contributed by atoms with Crippen LogP contribution in [0.15, 0.2) is 20.5 Å². The summed E-state index contributed by atoms with van der Waals surface area (Å²) in [7, 11) is 0. The monoisotopic (exact) mass is 764 g/mol. The molecule has 0 bridgehead atoms. The first-order valence-corrected chi connectivity index (χ1v) is 14.3. The van der Waals surface area contributed by atoms with Gasteiger partial charge in [-0.2, -0.15) is 52.7 Å². The number of hydrogen-bond acceptors (Lipinski definition) is 8. The molecule has 0 heterocycles. The van der Waals surface area contributed by atoms with Crippen molar-refractivity contribution in [2.75, 3.05) is 0 Å². The lowest BCUT2D eigenvalue weighted by atomic mass is 9.53. The molecule has 4 N–H and O–H groups in total. The minimum atomic E-state index is -5.94. The SMILES string of the molecule is CC(C)(C1CC(C(O)(N=[N+]=[N-])C(F)(F)F)CC(C(O)(N=[N+]=[N-])C(F)(F)F)C1)C1CC(C(O)(N=[N+]=[N-])C(F)(F)F)CC(C(O)(N=[N+]=[N-])C(F)(F)F)C1. The Balaban J connectivity index is 2.94. The Kier molecular flexibility index (Phi) is 11.9. The van der Waals surface area contributed by atoms with Gasteiger partial charge in [-0.15, -0.1) is 0 Å². The summed E-state index contributed by atoms with van der Waals surface area (Å²) in [6.45, 7) is 1.89. The number of azide groups is 4. The van der Waals surface area contributed by atoms with Crippen LogP contribution in [0.3, 0.4) is 0 Å². The molecular weight excluding hydrogens is 736 g/mol. The molecule has 2 aliphatic rings. The molecule has 51 heavy (non-hydrogen) atoms. The molecule has 0 spiro atoms. The van der Waals surface area contributed by atoms with Gasteiger partial charge in [-0.05, 0) is 98.4 Å². The first-order valence-electron chi connectivity index (χ1n) is 14.3. The largest absolute Gasteiger partial charge is 0.423 e. The van der Waals surface area contributed by atoms with Gasteiger partial charge in [0.25, 0.3) is 0 Å². The second-order valence-corrected chi connectivity index (χ2v) is 13.1. The molecular formula is C23H28F12N12O4. The molecule has 0 radical (unpaired) electrons. The van der Waals surface area contributed by atoms with Gasteiger partial charge in [-0.1, -0.05) is 13.8 Å². The van der Waals surface area contributed by atoms with E-state index in [1.165, 1.54) is 0 Å². The molecule has 0 aliphatic heterocycles. The highest BCUT2D eigenvalue weighted by Crippen LogP contribution is 2.61. The van der Waals surface area contributed by atoms with E-state index in [0.717, 1.165) is 13.8 Å². The molecule has 0 saturated heterocycles. The van der Waals surface area contributed by atoms with Crippen LogP contribution in [0.2, 0.25) is 0 Å². The predicted molar refractivity (Wildman–Crippen MR) is 143 cm³/mol. The normalized spacial score (nSPS) is 29.9. The van der Waals surface area contributed by atoms with E-state index in [0.29, 0.717) is 0 Å². The maximum atomic E-state index is 14.2. The summed E-state index contributed by atoms with van der Waals surface area (Å²) in [6.07, 6.45) is -31.4. The van der Waals surface area contributed by atoms with Gasteiger partial charge >= 0.3 is 24.7 Å². The van der Waals surface area contributed by atoms with Gasteiger partial charge in [0.15, 0.2) is 0 Å². The van der Waals surface area contributed by atoms with E-state index in [9.17, 15) is 73.1 Å². The van der Waals surface area contributed by atoms with Crippen LogP contribution in [0.1, 0.15) is 52.4 Å². The van der Waals surface area contributed by atoms with Gasteiger partial charge in [-0.3, -0.25) is 0 Å². The van der Waals surface area contributed by atoms with E-state index < -0.39 is 127 Å². The van der Waals surface area contributed by atoms with Crippen molar-refractivity contribution >= 4 is 0 Å². The van der Waals surface area contributed by atoms with Gasteiger partial charge in [0, 0.05) is 43.3 Å². The van der Waals surface area contributed by atoms with E-state index in [1.807, 2.05) is 19.6 Å². The lowest BCUT2D eigenvalue weighted by Gasteiger charge is -2.55. The predicted octanol–water partition coefficient (Wildman–Crippen LogP) is 8.32. The number of nitrogens with zero attached hydrogens (tertiary/aromatic N) is 12. The summed E-state index contributed by atoms with van der Waals surface area (Å²) in [5, 5.41) is 51.5. The van der Waals surface area contributed by atoms with Crippen LogP contribution in [-0.2, 0) is 0 Å². The quantitative estimate of drug-likeness (QED) is 0.0738. The Morgan fingerprint density at radius 2 is 0.549 bits per heavy atom. The molecule has 16 nitrogen and oxygen atoms in total. The molecule has 0 aromatic carbocycles. The lowest BCUT2D eigenvalue weighted by Crippen LogP contribution is -2.59. The third-order valence-corrected chi connectivity index (χ3v) is 10.3. The van der Waals surface area contributed by atoms with Crippen molar-refractivity contribution in [2.24, 2.45) is 61.4 Å². The molecule has 2 rings (SSSR count). The zero-order valence-corrected chi connectivity index (χ0v) is 25.9. The smallest absolute Gasteiger partial charge is 0.376 e. The highest BCUT2D eigenvalue weighted by Gasteiger charge is 2.68. The molecule has 288 valence electrons. The minimum Gasteiger partial charge on any atom is -0.376 e. The fourth-order valence-electron chi connectivity index (χ4n) is 7.25. The standard InChI is InChI=1S/C23H28F12N12O4/c1-15(2,9-3-11(16(48,40-44-36)20(24,25)26)7-12(4-9)17(49,41-45-37)21(27,28)29)10-5-13(18(50,42-46-38)22(30,31)32)8-14(6-10)19(51,43-47-39)23(33,34)35/h9-14,48-51H,3-8H2,1-2H3. The average molecular weight is 765 g/mol. The number of aliphatic hydroxyl groups is 4. The molecule has 0 amide bonds. The Morgan fingerprint density at radius 3 is 0.686 bits per heavy atom. The number of hydrogen-bond donors (Lipinski definition) is 4. The summed E-state index contributed by atoms with van der Waals surface area (Å²) in [5.41, 5.74) is 14.9. The molecule has 0 aromatic rings. The van der Waals surface area contributed by atoms with Crippen molar-refractivity contribution in [1.82, 2.24) is 0 Å². The van der Waals surface area contributed by atoms with E-state index >= 15 is 0 Å². The second-order valence-electron chi connectivity index (χ2n) is 13.1. The van der Waals surface area contributed by atoms with Gasteiger partial charge in [0.1, 0.15) is 0 Å². The van der Waals surface area contributed by atoms with Gasteiger partial charge in [-0.25, -0.2) is 0 Å². The van der Waals surface area contributed by atoms with Crippen LogP contribution < -0.4 is 0 Å². The molecule has 28 heteroatoms. The summed E-state index contributed by atoms with van der Waals surface area (Å²) in [6, 6.07) is 0. The average Bonchev–Trinajstić information content (AvgIpc) is 2.98. The highest BCUT2D eigenvalue weighted by molar-refractivity contribution is 5.08. The van der Waals surface area contributed by atoms with Crippen molar-refractivity contribution in [3.05, 3.63) is 41.8 Å². The highest BCUT2D eigenvalue weighted by atomic mass is 19.4. The minimum absolute atomic E-state index is 0.946. The maximum absolute atomic E-state index is 14.2. The molecule has 8 atom stereocenters.